The zero-order chi connectivity index (χ0) is 10.6. The highest BCUT2D eigenvalue weighted by Gasteiger charge is 2.10. The van der Waals surface area contributed by atoms with E-state index < -0.39 is 0 Å². The molecule has 0 aliphatic carbocycles. The molecule has 0 radical (unpaired) electrons. The van der Waals surface area contributed by atoms with Crippen LogP contribution in [0, 0.1) is 0 Å². The zero-order valence-corrected chi connectivity index (χ0v) is 7.99. The molecule has 0 heterocycles. The van der Waals surface area contributed by atoms with Gasteiger partial charge in [-0.15, -0.1) is 0 Å². The van der Waals surface area contributed by atoms with Crippen molar-refractivity contribution in [3.63, 3.8) is 0 Å². The van der Waals surface area contributed by atoms with E-state index in [9.17, 15) is 9.90 Å². The van der Waals surface area contributed by atoms with E-state index in [1.807, 2.05) is 0 Å². The quantitative estimate of drug-likeness (QED) is 0.587. The first-order chi connectivity index (χ1) is 6.66. The van der Waals surface area contributed by atoms with Crippen molar-refractivity contribution in [1.29, 1.82) is 0 Å². The predicted octanol–water partition coefficient (Wildman–Crippen LogP) is 2.16. The third kappa shape index (κ3) is 2.13. The van der Waals surface area contributed by atoms with E-state index in [1.165, 1.54) is 6.92 Å². The van der Waals surface area contributed by atoms with Crippen molar-refractivity contribution in [2.75, 3.05) is 6.61 Å². The second-order valence-electron chi connectivity index (χ2n) is 2.81. The lowest BCUT2D eigenvalue weighted by molar-refractivity contribution is 0.101. The number of benzene rings is 1. The van der Waals surface area contributed by atoms with Crippen molar-refractivity contribution in [2.45, 2.75) is 6.92 Å². The molecule has 0 aliphatic heterocycles. The highest BCUT2D eigenvalue weighted by atomic mass is 16.5. The van der Waals surface area contributed by atoms with Gasteiger partial charge in [0.05, 0.1) is 5.56 Å². The Bertz CT molecular complexity index is 356. The van der Waals surface area contributed by atoms with Crippen LogP contribution in [-0.4, -0.2) is 17.5 Å². The molecular formula is C11H12O3. The number of hydrogen-bond donors (Lipinski definition) is 1. The molecular weight excluding hydrogens is 180 g/mol. The zero-order valence-electron chi connectivity index (χ0n) is 7.99. The number of para-hydroxylation sites is 1. The van der Waals surface area contributed by atoms with E-state index in [4.69, 9.17) is 4.74 Å². The van der Waals surface area contributed by atoms with Crippen LogP contribution in [0.3, 0.4) is 0 Å². The van der Waals surface area contributed by atoms with Crippen LogP contribution in [0.5, 0.6) is 11.5 Å². The molecule has 0 atom stereocenters. The average Bonchev–Trinajstić information content (AvgIpc) is 2.16. The number of carbonyl (C=O) groups excluding carboxylic acids is 1. The second kappa shape index (κ2) is 4.46. The van der Waals surface area contributed by atoms with Crippen LogP contribution in [0.25, 0.3) is 0 Å². The molecule has 0 spiro atoms. The van der Waals surface area contributed by atoms with Crippen molar-refractivity contribution >= 4 is 5.78 Å². The van der Waals surface area contributed by atoms with Gasteiger partial charge >= 0.3 is 0 Å². The topological polar surface area (TPSA) is 46.5 Å². The third-order valence-electron chi connectivity index (χ3n) is 1.73. The van der Waals surface area contributed by atoms with Crippen LogP contribution in [0.1, 0.15) is 17.3 Å². The number of Topliss-reactive ketones (excluding diaryl/α,β-unsaturated/α-hetero) is 1. The summed E-state index contributed by atoms with van der Waals surface area (Å²) in [6.45, 7) is 5.19. The molecule has 1 rings (SSSR count). The summed E-state index contributed by atoms with van der Waals surface area (Å²) in [5.74, 6) is 0.00556. The Hall–Kier alpha value is -1.77. The molecule has 0 aliphatic rings. The maximum atomic E-state index is 11.1. The Balaban J connectivity index is 3.01. The fourth-order valence-corrected chi connectivity index (χ4v) is 1.07. The van der Waals surface area contributed by atoms with E-state index in [2.05, 4.69) is 6.58 Å². The number of rotatable bonds is 4. The first kappa shape index (κ1) is 10.3. The van der Waals surface area contributed by atoms with Gasteiger partial charge in [-0.3, -0.25) is 4.79 Å². The molecule has 0 saturated carbocycles. The van der Waals surface area contributed by atoms with Crippen LogP contribution < -0.4 is 4.74 Å². The molecule has 0 aromatic heterocycles. The van der Waals surface area contributed by atoms with Gasteiger partial charge in [0.1, 0.15) is 6.61 Å². The van der Waals surface area contributed by atoms with Crippen LogP contribution in [-0.2, 0) is 0 Å². The lowest BCUT2D eigenvalue weighted by atomic mass is 10.1. The minimum Gasteiger partial charge on any atom is -0.504 e. The molecule has 1 N–H and O–H groups in total. The van der Waals surface area contributed by atoms with Crippen molar-refractivity contribution in [3.05, 3.63) is 36.4 Å². The number of ether oxygens (including phenoxy) is 1. The van der Waals surface area contributed by atoms with E-state index in [-0.39, 0.29) is 17.1 Å². The Morgan fingerprint density at radius 1 is 1.64 bits per heavy atom. The van der Waals surface area contributed by atoms with Crippen LogP contribution in [0.4, 0.5) is 0 Å². The average molecular weight is 192 g/mol. The first-order valence-electron chi connectivity index (χ1n) is 4.23. The monoisotopic (exact) mass is 192 g/mol. The molecule has 0 saturated heterocycles. The fourth-order valence-electron chi connectivity index (χ4n) is 1.07. The fraction of sp³-hybridized carbons (Fsp3) is 0.182. The number of aromatic hydroxyl groups is 1. The minimum absolute atomic E-state index is 0.109. The van der Waals surface area contributed by atoms with Gasteiger partial charge < -0.3 is 9.84 Å². The van der Waals surface area contributed by atoms with Crippen molar-refractivity contribution < 1.29 is 14.6 Å². The summed E-state index contributed by atoms with van der Waals surface area (Å²) >= 11 is 0. The van der Waals surface area contributed by atoms with Crippen LogP contribution in [0.2, 0.25) is 0 Å². The number of hydrogen-bond acceptors (Lipinski definition) is 3. The van der Waals surface area contributed by atoms with Crippen LogP contribution >= 0.6 is 0 Å². The van der Waals surface area contributed by atoms with Gasteiger partial charge in [0, 0.05) is 0 Å². The molecule has 0 fully saturated rings. The molecule has 3 nitrogen and oxygen atoms in total. The maximum Gasteiger partial charge on any atom is 0.168 e. The highest BCUT2D eigenvalue weighted by molar-refractivity contribution is 5.97. The van der Waals surface area contributed by atoms with Gasteiger partial charge in [-0.05, 0) is 19.1 Å². The summed E-state index contributed by atoms with van der Waals surface area (Å²) in [4.78, 5) is 11.1. The summed E-state index contributed by atoms with van der Waals surface area (Å²) in [6, 6.07) is 4.82. The Labute approximate surface area is 82.6 Å². The Kier molecular flexibility index (Phi) is 3.29. The molecule has 14 heavy (non-hydrogen) atoms. The van der Waals surface area contributed by atoms with Crippen molar-refractivity contribution in [1.82, 2.24) is 0 Å². The van der Waals surface area contributed by atoms with Gasteiger partial charge in [0.2, 0.25) is 0 Å². The largest absolute Gasteiger partial charge is 0.504 e. The number of phenols is 1. The van der Waals surface area contributed by atoms with Gasteiger partial charge in [-0.2, -0.15) is 0 Å². The van der Waals surface area contributed by atoms with Crippen LogP contribution in [0.15, 0.2) is 30.9 Å². The maximum absolute atomic E-state index is 11.1. The summed E-state index contributed by atoms with van der Waals surface area (Å²) < 4.78 is 5.16. The summed E-state index contributed by atoms with van der Waals surface area (Å²) in [6.07, 6.45) is 1.57. The summed E-state index contributed by atoms with van der Waals surface area (Å²) in [5, 5.41) is 9.61. The Morgan fingerprint density at radius 2 is 2.36 bits per heavy atom. The van der Waals surface area contributed by atoms with Crippen molar-refractivity contribution in [3.8, 4) is 11.5 Å². The smallest absolute Gasteiger partial charge is 0.168 e. The molecule has 3 heteroatoms. The predicted molar refractivity (Wildman–Crippen MR) is 53.8 cm³/mol. The first-order valence-corrected chi connectivity index (χ1v) is 4.23. The number of ketones is 1. The van der Waals surface area contributed by atoms with E-state index in [0.717, 1.165) is 0 Å². The lowest BCUT2D eigenvalue weighted by Gasteiger charge is -2.07. The minimum atomic E-state index is -0.188. The third-order valence-corrected chi connectivity index (χ3v) is 1.73. The van der Waals surface area contributed by atoms with Crippen molar-refractivity contribution in [2.24, 2.45) is 0 Å². The van der Waals surface area contributed by atoms with E-state index >= 15 is 0 Å². The number of carbonyl (C=O) groups is 1. The van der Waals surface area contributed by atoms with Gasteiger partial charge in [0.25, 0.3) is 0 Å². The SMILES string of the molecule is C=CCOc1cccc(C(C)=O)c1O. The number of phenolic OH excluding ortho intramolecular Hbond substituents is 1. The molecule has 74 valence electrons. The second-order valence-corrected chi connectivity index (χ2v) is 2.81. The molecule has 0 amide bonds. The molecule has 0 unspecified atom stereocenters. The molecule has 1 aromatic rings. The summed E-state index contributed by atoms with van der Waals surface area (Å²) in [5.41, 5.74) is 0.270. The van der Waals surface area contributed by atoms with E-state index in [0.29, 0.717) is 12.4 Å². The molecule has 0 bridgehead atoms. The highest BCUT2D eigenvalue weighted by Crippen LogP contribution is 2.29. The van der Waals surface area contributed by atoms with E-state index in [1.54, 1.807) is 24.3 Å². The normalized spacial score (nSPS) is 9.50. The molecule has 1 aromatic carbocycles. The summed E-state index contributed by atoms with van der Waals surface area (Å²) in [7, 11) is 0. The Morgan fingerprint density at radius 3 is 2.93 bits per heavy atom. The van der Waals surface area contributed by atoms with Gasteiger partial charge in [-0.1, -0.05) is 18.7 Å². The van der Waals surface area contributed by atoms with Gasteiger partial charge in [0.15, 0.2) is 17.3 Å². The standard InChI is InChI=1S/C11H12O3/c1-3-7-14-10-6-4-5-9(8(2)12)11(10)13/h3-6,13H,1,7H2,2H3. The lowest BCUT2D eigenvalue weighted by Crippen LogP contribution is -1.97. The van der Waals surface area contributed by atoms with Gasteiger partial charge in [-0.25, -0.2) is 0 Å².